The van der Waals surface area contributed by atoms with Crippen LogP contribution in [-0.4, -0.2) is 35.4 Å². The number of epoxide rings is 1. The maximum atomic E-state index is 12.4. The number of carbonyl (C=O) groups excluding carboxylic acids is 1. The molecule has 4 heteroatoms. The van der Waals surface area contributed by atoms with Crippen LogP contribution in [0.15, 0.2) is 0 Å². The Balaban J connectivity index is 3.03. The van der Waals surface area contributed by atoms with Crippen molar-refractivity contribution in [1.82, 2.24) is 0 Å². The van der Waals surface area contributed by atoms with Gasteiger partial charge in [-0.05, 0) is 0 Å². The van der Waals surface area contributed by atoms with Crippen LogP contribution >= 0.6 is 0 Å². The maximum absolute atomic E-state index is 12.4. The third-order valence-corrected chi connectivity index (χ3v) is 19.0. The molecule has 0 N–H and O–H groups in total. The molecule has 2 atom stereocenters. The Labute approximate surface area is 127 Å². The fourth-order valence-electron chi connectivity index (χ4n) is 3.77. The van der Waals surface area contributed by atoms with Crippen molar-refractivity contribution in [3.63, 3.8) is 0 Å². The molecule has 1 rings (SSSR count). The Hall–Kier alpha value is -0.0271. The number of rotatable bonds is 6. The summed E-state index contributed by atoms with van der Waals surface area (Å²) >= 11 is -2.21. The Kier molecular flexibility index (Phi) is 5.40. The van der Waals surface area contributed by atoms with Gasteiger partial charge >= 0.3 is 127 Å². The van der Waals surface area contributed by atoms with E-state index in [1.54, 1.807) is 0 Å². The second-order valence-electron chi connectivity index (χ2n) is 7.32. The summed E-state index contributed by atoms with van der Waals surface area (Å²) < 4.78 is 11.5. The van der Waals surface area contributed by atoms with E-state index in [1.807, 2.05) is 20.8 Å². The first kappa shape index (κ1) is 18.0. The van der Waals surface area contributed by atoms with Crippen LogP contribution in [0.4, 0.5) is 0 Å². The van der Waals surface area contributed by atoms with Crippen molar-refractivity contribution >= 4 is 19.2 Å². The number of hydrogen-bond donors (Lipinski definition) is 0. The van der Waals surface area contributed by atoms with Crippen LogP contribution in [0.25, 0.3) is 0 Å². The first-order valence-corrected chi connectivity index (χ1v) is 13.5. The molecule has 0 amide bonds. The molecule has 0 aromatic rings. The molecule has 0 spiro atoms. The molecule has 3 nitrogen and oxygen atoms in total. The van der Waals surface area contributed by atoms with Gasteiger partial charge in [-0.1, -0.05) is 0 Å². The molecule has 1 saturated heterocycles. The van der Waals surface area contributed by atoms with E-state index in [4.69, 9.17) is 9.47 Å². The van der Waals surface area contributed by atoms with Crippen LogP contribution in [-0.2, 0) is 14.3 Å². The Morgan fingerprint density at radius 1 is 1.20 bits per heavy atom. The molecule has 20 heavy (non-hydrogen) atoms. The summed E-state index contributed by atoms with van der Waals surface area (Å²) in [4.78, 5) is 12.4. The van der Waals surface area contributed by atoms with Crippen LogP contribution < -0.4 is 0 Å². The third-order valence-electron chi connectivity index (χ3n) is 4.98. The van der Waals surface area contributed by atoms with E-state index in [0.717, 1.165) is 0 Å². The fraction of sp³-hybridized carbons (Fsp3) is 0.938. The number of esters is 1. The Morgan fingerprint density at radius 2 is 1.65 bits per heavy atom. The topological polar surface area (TPSA) is 38.8 Å². The summed E-state index contributed by atoms with van der Waals surface area (Å²) in [5.41, 5.74) is -0.438. The van der Waals surface area contributed by atoms with Gasteiger partial charge in [0.05, 0.1) is 0 Å². The van der Waals surface area contributed by atoms with Gasteiger partial charge in [0.1, 0.15) is 0 Å². The summed E-state index contributed by atoms with van der Waals surface area (Å²) in [6.07, 6.45) is -0.318. The van der Waals surface area contributed by atoms with E-state index in [9.17, 15) is 4.79 Å². The molecule has 1 aliphatic heterocycles. The van der Waals surface area contributed by atoms with Crippen LogP contribution in [0.5, 0.6) is 0 Å². The van der Waals surface area contributed by atoms with Gasteiger partial charge in [-0.3, -0.25) is 0 Å². The summed E-state index contributed by atoms with van der Waals surface area (Å²) in [6, 6.07) is 0. The van der Waals surface area contributed by atoms with Crippen molar-refractivity contribution in [1.29, 1.82) is 0 Å². The van der Waals surface area contributed by atoms with Crippen molar-refractivity contribution in [2.24, 2.45) is 5.92 Å². The predicted molar refractivity (Wildman–Crippen MR) is 85.5 cm³/mol. The van der Waals surface area contributed by atoms with Gasteiger partial charge in [-0.15, -0.1) is 0 Å². The van der Waals surface area contributed by atoms with Crippen molar-refractivity contribution in [2.45, 2.75) is 87.3 Å². The molecule has 1 heterocycles. The van der Waals surface area contributed by atoms with E-state index < -0.39 is 18.9 Å². The van der Waals surface area contributed by atoms with Gasteiger partial charge in [0, 0.05) is 0 Å². The van der Waals surface area contributed by atoms with E-state index >= 15 is 0 Å². The second kappa shape index (κ2) is 6.00. The predicted octanol–water partition coefficient (Wildman–Crippen LogP) is 4.17. The van der Waals surface area contributed by atoms with Gasteiger partial charge in [0.15, 0.2) is 0 Å². The van der Waals surface area contributed by atoms with Gasteiger partial charge < -0.3 is 0 Å². The zero-order valence-corrected chi connectivity index (χ0v) is 16.6. The number of carbonyl (C=O) groups is 1. The van der Waals surface area contributed by atoms with Crippen molar-refractivity contribution < 1.29 is 14.3 Å². The normalized spacial score (nSPS) is 26.8. The minimum absolute atomic E-state index is 0.156. The molecular weight excluding hydrogens is 313 g/mol. The molecule has 0 aromatic heterocycles. The second-order valence-corrected chi connectivity index (χ2v) is 18.8. The molecule has 0 saturated carbocycles. The molecule has 118 valence electrons. The molecule has 0 aromatic carbocycles. The summed E-state index contributed by atoms with van der Waals surface area (Å²) in [5.74, 6) is 0.233. The first-order chi connectivity index (χ1) is 9.10. The van der Waals surface area contributed by atoms with Crippen LogP contribution in [0, 0.1) is 5.92 Å². The quantitative estimate of drug-likeness (QED) is 0.412. The first-order valence-electron chi connectivity index (χ1n) is 8.00. The van der Waals surface area contributed by atoms with Crippen molar-refractivity contribution in [3.05, 3.63) is 0 Å². The van der Waals surface area contributed by atoms with E-state index in [2.05, 4.69) is 34.6 Å². The SMILES string of the molecule is C[CH2][Ge]([CH2]C)([CH2]C)[C@@]1(C(C)C)O[C@H]1C(=O)OC(C)(C)C. The molecule has 0 radical (unpaired) electrons. The van der Waals surface area contributed by atoms with Gasteiger partial charge in [0.25, 0.3) is 0 Å². The van der Waals surface area contributed by atoms with E-state index in [1.165, 1.54) is 15.8 Å². The molecule has 0 unspecified atom stereocenters. The zero-order chi connectivity index (χ0) is 15.8. The van der Waals surface area contributed by atoms with Crippen LogP contribution in [0.1, 0.15) is 55.4 Å². The average Bonchev–Trinajstić information content (AvgIpc) is 3.07. The molecule has 1 fully saturated rings. The summed E-state index contributed by atoms with van der Waals surface area (Å²) in [7, 11) is 0. The van der Waals surface area contributed by atoms with Gasteiger partial charge in [-0.25, -0.2) is 0 Å². The number of ether oxygens (including phenoxy) is 2. The zero-order valence-electron chi connectivity index (χ0n) is 14.5. The van der Waals surface area contributed by atoms with Gasteiger partial charge in [-0.2, -0.15) is 0 Å². The summed E-state index contributed by atoms with van der Waals surface area (Å²) in [5, 5.41) is 3.64. The average molecular weight is 345 g/mol. The van der Waals surface area contributed by atoms with Crippen molar-refractivity contribution in [2.75, 3.05) is 0 Å². The fourth-order valence-corrected chi connectivity index (χ4v) is 15.2. The molecular formula is C16H32GeO3. The Bertz CT molecular complexity index is 347. The third kappa shape index (κ3) is 2.94. The van der Waals surface area contributed by atoms with E-state index in [-0.39, 0.29) is 16.5 Å². The minimum atomic E-state index is -2.21. The summed E-state index contributed by atoms with van der Waals surface area (Å²) in [6.45, 7) is 17.0. The van der Waals surface area contributed by atoms with Crippen molar-refractivity contribution in [3.8, 4) is 0 Å². The molecule has 0 bridgehead atoms. The molecule has 0 aliphatic carbocycles. The van der Waals surface area contributed by atoms with Crippen LogP contribution in [0.2, 0.25) is 15.8 Å². The Morgan fingerprint density at radius 3 is 1.95 bits per heavy atom. The standard InChI is InChI=1S/C16H32GeO3/c1-9-17(10-2,11-3)16(12(4)5)13(19-16)14(18)20-15(6,7)8/h12-13H,9-11H2,1-8H3/t13-,16-/m0/s1. The molecule has 1 aliphatic rings. The van der Waals surface area contributed by atoms with E-state index in [0.29, 0.717) is 5.92 Å². The van der Waals surface area contributed by atoms with Crippen LogP contribution in [0.3, 0.4) is 0 Å². The number of hydrogen-bond acceptors (Lipinski definition) is 3. The monoisotopic (exact) mass is 346 g/mol. The van der Waals surface area contributed by atoms with Gasteiger partial charge in [0.2, 0.25) is 0 Å².